The molecule has 1 aromatic carbocycles. The number of hydrogen-bond donors (Lipinski definition) is 2. The van der Waals surface area contributed by atoms with Gasteiger partial charge >= 0.3 is 0 Å². The fourth-order valence-corrected chi connectivity index (χ4v) is 3.30. The first-order chi connectivity index (χ1) is 13.0. The Morgan fingerprint density at radius 2 is 2.07 bits per heavy atom. The number of aromatic nitrogens is 1. The molecule has 1 aliphatic rings. The van der Waals surface area contributed by atoms with Crippen LogP contribution in [0.4, 0.5) is 0 Å². The van der Waals surface area contributed by atoms with E-state index in [0.29, 0.717) is 25.3 Å². The average molecular weight is 369 g/mol. The molecule has 0 aliphatic carbocycles. The SMILES string of the molecule is CC(C(=O)NO)N1CCC(C)(c2ccc(OCc3ccccn3)cc2)C1=O. The summed E-state index contributed by atoms with van der Waals surface area (Å²) in [7, 11) is 0. The number of hydrogen-bond acceptors (Lipinski definition) is 5. The van der Waals surface area contributed by atoms with Crippen LogP contribution in [0.2, 0.25) is 0 Å². The summed E-state index contributed by atoms with van der Waals surface area (Å²) < 4.78 is 5.74. The Labute approximate surface area is 157 Å². The van der Waals surface area contributed by atoms with E-state index < -0.39 is 17.4 Å². The fraction of sp³-hybridized carbons (Fsp3) is 0.350. The predicted octanol–water partition coefficient (Wildman–Crippen LogP) is 2.04. The van der Waals surface area contributed by atoms with Crippen molar-refractivity contribution in [3.8, 4) is 5.75 Å². The molecule has 142 valence electrons. The topological polar surface area (TPSA) is 91.8 Å². The number of rotatable bonds is 6. The van der Waals surface area contributed by atoms with Crippen LogP contribution < -0.4 is 10.2 Å². The first-order valence-corrected chi connectivity index (χ1v) is 8.84. The van der Waals surface area contributed by atoms with Gasteiger partial charge in [-0.3, -0.25) is 19.8 Å². The molecule has 2 unspecified atom stereocenters. The lowest BCUT2D eigenvalue weighted by atomic mass is 9.81. The van der Waals surface area contributed by atoms with Crippen LogP contribution in [0.3, 0.4) is 0 Å². The highest BCUT2D eigenvalue weighted by Gasteiger charge is 2.46. The number of carbonyl (C=O) groups is 2. The zero-order chi connectivity index (χ0) is 19.4. The lowest BCUT2D eigenvalue weighted by Gasteiger charge is -2.27. The van der Waals surface area contributed by atoms with E-state index in [-0.39, 0.29) is 5.91 Å². The number of hydroxylamine groups is 1. The number of amides is 2. The van der Waals surface area contributed by atoms with Crippen LogP contribution >= 0.6 is 0 Å². The van der Waals surface area contributed by atoms with E-state index in [1.165, 1.54) is 4.90 Å². The van der Waals surface area contributed by atoms with E-state index in [1.54, 1.807) is 18.6 Å². The Morgan fingerprint density at radius 3 is 2.70 bits per heavy atom. The van der Waals surface area contributed by atoms with E-state index >= 15 is 0 Å². The third-order valence-corrected chi connectivity index (χ3v) is 5.15. The van der Waals surface area contributed by atoms with Crippen LogP contribution in [0.25, 0.3) is 0 Å². The number of carbonyl (C=O) groups excluding carboxylic acids is 2. The minimum absolute atomic E-state index is 0.124. The van der Waals surface area contributed by atoms with Crippen molar-refractivity contribution in [2.45, 2.75) is 38.3 Å². The van der Waals surface area contributed by atoms with Crippen LogP contribution in [0.15, 0.2) is 48.7 Å². The molecular weight excluding hydrogens is 346 g/mol. The van der Waals surface area contributed by atoms with Gasteiger partial charge in [0, 0.05) is 12.7 Å². The average Bonchev–Trinajstić information content (AvgIpc) is 3.02. The maximum Gasteiger partial charge on any atom is 0.265 e. The lowest BCUT2D eigenvalue weighted by Crippen LogP contribution is -2.47. The van der Waals surface area contributed by atoms with E-state index in [9.17, 15) is 9.59 Å². The molecule has 27 heavy (non-hydrogen) atoms. The third kappa shape index (κ3) is 3.78. The zero-order valence-corrected chi connectivity index (χ0v) is 15.4. The molecule has 3 rings (SSSR count). The molecule has 1 fully saturated rings. The monoisotopic (exact) mass is 369 g/mol. The van der Waals surface area contributed by atoms with Crippen molar-refractivity contribution < 1.29 is 19.5 Å². The fourth-order valence-electron chi connectivity index (χ4n) is 3.30. The van der Waals surface area contributed by atoms with Crippen LogP contribution in [0.5, 0.6) is 5.75 Å². The molecule has 2 heterocycles. The van der Waals surface area contributed by atoms with Crippen molar-refractivity contribution in [3.63, 3.8) is 0 Å². The Bertz CT molecular complexity index is 810. The highest BCUT2D eigenvalue weighted by molar-refractivity contribution is 5.94. The predicted molar refractivity (Wildman–Crippen MR) is 98.1 cm³/mol. The van der Waals surface area contributed by atoms with Crippen molar-refractivity contribution in [2.75, 3.05) is 6.54 Å². The molecule has 0 bridgehead atoms. The summed E-state index contributed by atoms with van der Waals surface area (Å²) in [6.45, 7) is 4.31. The van der Waals surface area contributed by atoms with Gasteiger partial charge in [-0.15, -0.1) is 0 Å². The normalized spacial score (nSPS) is 20.4. The second-order valence-electron chi connectivity index (χ2n) is 6.87. The largest absolute Gasteiger partial charge is 0.487 e. The van der Waals surface area contributed by atoms with Gasteiger partial charge in [0.2, 0.25) is 5.91 Å². The first-order valence-electron chi connectivity index (χ1n) is 8.84. The summed E-state index contributed by atoms with van der Waals surface area (Å²) in [5.41, 5.74) is 2.62. The van der Waals surface area contributed by atoms with Crippen molar-refractivity contribution in [1.29, 1.82) is 0 Å². The number of pyridine rings is 1. The van der Waals surface area contributed by atoms with Crippen LogP contribution in [0, 0.1) is 0 Å². The molecule has 1 aliphatic heterocycles. The van der Waals surface area contributed by atoms with Crippen molar-refractivity contribution in [3.05, 3.63) is 59.9 Å². The Balaban J connectivity index is 1.69. The summed E-state index contributed by atoms with van der Waals surface area (Å²) in [5.74, 6) is -0.0186. The van der Waals surface area contributed by atoms with Gasteiger partial charge in [0.25, 0.3) is 5.91 Å². The van der Waals surface area contributed by atoms with Crippen LogP contribution in [0.1, 0.15) is 31.5 Å². The first kappa shape index (κ1) is 18.8. The van der Waals surface area contributed by atoms with Crippen molar-refractivity contribution in [1.82, 2.24) is 15.4 Å². The molecule has 1 aromatic heterocycles. The lowest BCUT2D eigenvalue weighted by molar-refractivity contribution is -0.143. The van der Waals surface area contributed by atoms with Gasteiger partial charge in [-0.1, -0.05) is 18.2 Å². The van der Waals surface area contributed by atoms with E-state index in [2.05, 4.69) is 4.98 Å². The molecule has 0 spiro atoms. The summed E-state index contributed by atoms with van der Waals surface area (Å²) in [6, 6.07) is 12.4. The molecular formula is C20H23N3O4. The second-order valence-corrected chi connectivity index (χ2v) is 6.87. The highest BCUT2D eigenvalue weighted by Crippen LogP contribution is 2.37. The van der Waals surface area contributed by atoms with Gasteiger partial charge in [0.15, 0.2) is 0 Å². The minimum Gasteiger partial charge on any atom is -0.487 e. The number of ether oxygens (including phenoxy) is 1. The molecule has 2 amide bonds. The molecule has 1 saturated heterocycles. The third-order valence-electron chi connectivity index (χ3n) is 5.15. The number of likely N-dealkylation sites (tertiary alicyclic amines) is 1. The summed E-state index contributed by atoms with van der Waals surface area (Å²) in [6.07, 6.45) is 2.32. The molecule has 2 aromatic rings. The van der Waals surface area contributed by atoms with Gasteiger partial charge in [-0.05, 0) is 50.1 Å². The highest BCUT2D eigenvalue weighted by atomic mass is 16.5. The van der Waals surface area contributed by atoms with Gasteiger partial charge in [-0.25, -0.2) is 5.48 Å². The van der Waals surface area contributed by atoms with E-state index in [0.717, 1.165) is 11.3 Å². The van der Waals surface area contributed by atoms with E-state index in [1.807, 2.05) is 49.4 Å². The van der Waals surface area contributed by atoms with Gasteiger partial charge < -0.3 is 9.64 Å². The maximum absolute atomic E-state index is 12.9. The molecule has 7 nitrogen and oxygen atoms in total. The van der Waals surface area contributed by atoms with Crippen LogP contribution in [-0.2, 0) is 21.6 Å². The summed E-state index contributed by atoms with van der Waals surface area (Å²) >= 11 is 0. The van der Waals surface area contributed by atoms with Crippen molar-refractivity contribution >= 4 is 11.8 Å². The van der Waals surface area contributed by atoms with Gasteiger partial charge in [-0.2, -0.15) is 0 Å². The number of nitrogens with zero attached hydrogens (tertiary/aromatic N) is 2. The smallest absolute Gasteiger partial charge is 0.265 e. The Morgan fingerprint density at radius 1 is 1.33 bits per heavy atom. The summed E-state index contributed by atoms with van der Waals surface area (Å²) in [4.78, 5) is 30.3. The molecule has 7 heteroatoms. The number of benzene rings is 1. The van der Waals surface area contributed by atoms with Crippen LogP contribution in [-0.4, -0.2) is 39.5 Å². The quantitative estimate of drug-likeness (QED) is 0.601. The maximum atomic E-state index is 12.9. The molecule has 0 saturated carbocycles. The summed E-state index contributed by atoms with van der Waals surface area (Å²) in [5, 5.41) is 8.81. The van der Waals surface area contributed by atoms with Gasteiger partial charge in [0.05, 0.1) is 11.1 Å². The standard InChI is InChI=1S/C20H23N3O4/c1-14(18(24)22-26)23-12-10-20(2,19(23)25)15-6-8-17(9-7-15)27-13-16-5-3-4-11-21-16/h3-9,11,14,26H,10,12-13H2,1-2H3,(H,22,24). The van der Waals surface area contributed by atoms with E-state index in [4.69, 9.17) is 9.94 Å². The van der Waals surface area contributed by atoms with Crippen molar-refractivity contribution in [2.24, 2.45) is 0 Å². The zero-order valence-electron chi connectivity index (χ0n) is 15.4. The molecule has 0 radical (unpaired) electrons. The minimum atomic E-state index is -0.717. The number of nitrogens with one attached hydrogen (secondary N) is 1. The second kappa shape index (κ2) is 7.75. The van der Waals surface area contributed by atoms with Gasteiger partial charge in [0.1, 0.15) is 18.4 Å². The Hall–Kier alpha value is -2.93. The Kier molecular flexibility index (Phi) is 5.41. The molecule has 2 N–H and O–H groups in total. The molecule has 2 atom stereocenters.